The van der Waals surface area contributed by atoms with Crippen molar-refractivity contribution in [2.45, 2.75) is 13.0 Å². The first-order chi connectivity index (χ1) is 5.23. The molecule has 0 bridgehead atoms. The van der Waals surface area contributed by atoms with Gasteiger partial charge in [-0.3, -0.25) is 0 Å². The van der Waals surface area contributed by atoms with E-state index in [2.05, 4.69) is 24.8 Å². The molecule has 1 rings (SSSR count). The lowest BCUT2D eigenvalue weighted by Gasteiger charge is -2.22. The molecule has 0 aromatic heterocycles. The molecule has 1 aliphatic rings. The molecule has 0 spiro atoms. The summed E-state index contributed by atoms with van der Waals surface area (Å²) in [6.45, 7) is 2.05. The largest absolute Gasteiger partial charge is 0.394 e. The molecular weight excluding hydrogens is 156 g/mol. The van der Waals surface area contributed by atoms with Crippen molar-refractivity contribution in [2.75, 3.05) is 14.2 Å². The maximum Gasteiger partial charge on any atom is 0.368 e. The van der Waals surface area contributed by atoms with Crippen LogP contribution in [0.5, 0.6) is 0 Å². The SMILES string of the molecule is CO[Si](C)(OC)C1=CCC=C1. The predicted molar refractivity (Wildman–Crippen MR) is 47.5 cm³/mol. The first-order valence-corrected chi connectivity index (χ1v) is 6.02. The summed E-state index contributed by atoms with van der Waals surface area (Å²) in [7, 11) is 1.43. The molecule has 0 heterocycles. The van der Waals surface area contributed by atoms with Crippen LogP contribution >= 0.6 is 0 Å². The molecule has 0 N–H and O–H groups in total. The lowest BCUT2D eigenvalue weighted by Crippen LogP contribution is -2.38. The minimum atomic E-state index is -1.99. The van der Waals surface area contributed by atoms with Crippen LogP contribution in [0.4, 0.5) is 0 Å². The quantitative estimate of drug-likeness (QED) is 0.601. The second-order valence-corrected chi connectivity index (χ2v) is 5.94. The molecule has 0 fully saturated rings. The molecule has 0 aromatic rings. The van der Waals surface area contributed by atoms with Crippen LogP contribution in [-0.4, -0.2) is 22.8 Å². The Hall–Kier alpha value is -0.383. The van der Waals surface area contributed by atoms with Crippen molar-refractivity contribution >= 4 is 8.56 Å². The van der Waals surface area contributed by atoms with Crippen LogP contribution in [0.3, 0.4) is 0 Å². The summed E-state index contributed by atoms with van der Waals surface area (Å²) >= 11 is 0. The van der Waals surface area contributed by atoms with Crippen LogP contribution in [0.25, 0.3) is 0 Å². The fourth-order valence-corrected chi connectivity index (χ4v) is 2.66. The molecule has 0 saturated heterocycles. The lowest BCUT2D eigenvalue weighted by atomic mass is 10.5. The Morgan fingerprint density at radius 2 is 2.00 bits per heavy atom. The summed E-state index contributed by atoms with van der Waals surface area (Å²) in [5.74, 6) is 0. The predicted octanol–water partition coefficient (Wildman–Crippen LogP) is 1.78. The van der Waals surface area contributed by atoms with Gasteiger partial charge in [0.25, 0.3) is 0 Å². The van der Waals surface area contributed by atoms with Gasteiger partial charge < -0.3 is 8.85 Å². The van der Waals surface area contributed by atoms with Crippen molar-refractivity contribution in [1.82, 2.24) is 0 Å². The highest BCUT2D eigenvalue weighted by atomic mass is 28.4. The van der Waals surface area contributed by atoms with Gasteiger partial charge in [-0.1, -0.05) is 18.2 Å². The van der Waals surface area contributed by atoms with E-state index in [9.17, 15) is 0 Å². The van der Waals surface area contributed by atoms with Crippen molar-refractivity contribution in [1.29, 1.82) is 0 Å². The van der Waals surface area contributed by atoms with E-state index in [-0.39, 0.29) is 0 Å². The lowest BCUT2D eigenvalue weighted by molar-refractivity contribution is 0.261. The van der Waals surface area contributed by atoms with Gasteiger partial charge in [0.1, 0.15) is 0 Å². The summed E-state index contributed by atoms with van der Waals surface area (Å²) < 4.78 is 10.7. The molecule has 62 valence electrons. The van der Waals surface area contributed by atoms with E-state index in [1.54, 1.807) is 14.2 Å². The van der Waals surface area contributed by atoms with Gasteiger partial charge in [-0.05, 0) is 18.2 Å². The summed E-state index contributed by atoms with van der Waals surface area (Å²) in [4.78, 5) is 0. The summed E-state index contributed by atoms with van der Waals surface area (Å²) in [6.07, 6.45) is 7.40. The van der Waals surface area contributed by atoms with Gasteiger partial charge in [0.05, 0.1) is 0 Å². The molecule has 2 nitrogen and oxygen atoms in total. The molecule has 0 saturated carbocycles. The molecule has 0 aromatic carbocycles. The Morgan fingerprint density at radius 3 is 2.36 bits per heavy atom. The van der Waals surface area contributed by atoms with E-state index in [0.29, 0.717) is 0 Å². The van der Waals surface area contributed by atoms with E-state index in [0.717, 1.165) is 6.42 Å². The molecule has 0 amide bonds. The number of allylic oxidation sites excluding steroid dienone is 4. The van der Waals surface area contributed by atoms with Crippen LogP contribution in [-0.2, 0) is 8.85 Å². The van der Waals surface area contributed by atoms with E-state index in [1.807, 2.05) is 0 Å². The Morgan fingerprint density at radius 1 is 1.36 bits per heavy atom. The fourth-order valence-electron chi connectivity index (χ4n) is 1.11. The zero-order chi connectivity index (χ0) is 8.32. The second-order valence-electron chi connectivity index (χ2n) is 2.65. The van der Waals surface area contributed by atoms with Gasteiger partial charge in [-0.15, -0.1) is 0 Å². The molecule has 0 atom stereocenters. The van der Waals surface area contributed by atoms with E-state index in [1.165, 1.54) is 5.20 Å². The highest BCUT2D eigenvalue weighted by molar-refractivity contribution is 6.74. The Kier molecular flexibility index (Phi) is 2.65. The van der Waals surface area contributed by atoms with Crippen molar-refractivity contribution in [2.24, 2.45) is 0 Å². The highest BCUT2D eigenvalue weighted by Gasteiger charge is 2.33. The van der Waals surface area contributed by atoms with Crippen molar-refractivity contribution < 1.29 is 8.85 Å². The van der Waals surface area contributed by atoms with Crippen molar-refractivity contribution in [3.05, 3.63) is 23.4 Å². The van der Waals surface area contributed by atoms with Crippen LogP contribution in [0.2, 0.25) is 6.55 Å². The Bertz CT molecular complexity index is 192. The molecule has 1 aliphatic carbocycles. The summed E-state index contributed by atoms with van der Waals surface area (Å²) in [5, 5.41) is 1.24. The first kappa shape index (κ1) is 8.71. The molecule has 3 heteroatoms. The standard InChI is InChI=1S/C8H14O2Si/c1-9-11(3,10-2)8-6-4-5-7-8/h4,6-7H,5H2,1-3H3. The van der Waals surface area contributed by atoms with E-state index in [4.69, 9.17) is 8.85 Å². The number of hydrogen-bond acceptors (Lipinski definition) is 2. The smallest absolute Gasteiger partial charge is 0.368 e. The minimum Gasteiger partial charge on any atom is -0.394 e. The molecule has 0 aliphatic heterocycles. The average molecular weight is 170 g/mol. The first-order valence-electron chi connectivity index (χ1n) is 3.70. The summed E-state index contributed by atoms with van der Waals surface area (Å²) in [6, 6.07) is 0. The van der Waals surface area contributed by atoms with Crippen molar-refractivity contribution in [3.63, 3.8) is 0 Å². The third-order valence-corrected chi connectivity index (χ3v) is 5.05. The summed E-state index contributed by atoms with van der Waals surface area (Å²) in [5.41, 5.74) is 0. The van der Waals surface area contributed by atoms with Crippen molar-refractivity contribution in [3.8, 4) is 0 Å². The molecular formula is C8H14O2Si. The maximum atomic E-state index is 5.37. The van der Waals surface area contributed by atoms with Gasteiger partial charge >= 0.3 is 8.56 Å². The van der Waals surface area contributed by atoms with Crippen LogP contribution < -0.4 is 0 Å². The highest BCUT2D eigenvalue weighted by Crippen LogP contribution is 2.22. The van der Waals surface area contributed by atoms with Gasteiger partial charge in [0, 0.05) is 14.2 Å². The van der Waals surface area contributed by atoms with Crippen LogP contribution in [0.1, 0.15) is 6.42 Å². The zero-order valence-electron chi connectivity index (χ0n) is 7.26. The van der Waals surface area contributed by atoms with Gasteiger partial charge in [0.2, 0.25) is 0 Å². The third-order valence-electron chi connectivity index (χ3n) is 2.07. The van der Waals surface area contributed by atoms with Gasteiger partial charge in [-0.2, -0.15) is 0 Å². The van der Waals surface area contributed by atoms with Crippen LogP contribution in [0, 0.1) is 0 Å². The Labute approximate surface area is 68.8 Å². The van der Waals surface area contributed by atoms with E-state index < -0.39 is 8.56 Å². The third kappa shape index (κ3) is 1.61. The molecule has 0 unspecified atom stereocenters. The fraction of sp³-hybridized carbons (Fsp3) is 0.500. The molecule has 0 radical (unpaired) electrons. The van der Waals surface area contributed by atoms with E-state index >= 15 is 0 Å². The number of rotatable bonds is 3. The number of hydrogen-bond donors (Lipinski definition) is 0. The minimum absolute atomic E-state index is 1.02. The average Bonchev–Trinajstić information content (AvgIpc) is 2.55. The second kappa shape index (κ2) is 3.34. The maximum absolute atomic E-state index is 5.37. The normalized spacial score (nSPS) is 17.2. The zero-order valence-corrected chi connectivity index (χ0v) is 8.26. The topological polar surface area (TPSA) is 18.5 Å². The monoisotopic (exact) mass is 170 g/mol. The van der Waals surface area contributed by atoms with Crippen LogP contribution in [0.15, 0.2) is 23.4 Å². The van der Waals surface area contributed by atoms with Gasteiger partial charge in [0.15, 0.2) is 0 Å². The Balaban J connectivity index is 2.76. The van der Waals surface area contributed by atoms with Gasteiger partial charge in [-0.25, -0.2) is 0 Å². The molecule has 11 heavy (non-hydrogen) atoms.